The topological polar surface area (TPSA) is 86.7 Å². The highest BCUT2D eigenvalue weighted by molar-refractivity contribution is 7.90. The number of benzene rings is 2. The first kappa shape index (κ1) is 21.5. The molecule has 0 aliphatic carbocycles. The lowest BCUT2D eigenvalue weighted by Crippen LogP contribution is -2.62. The van der Waals surface area contributed by atoms with Crippen LogP contribution in [0.1, 0.15) is 37.4 Å². The first-order valence-electron chi connectivity index (χ1n) is 9.65. The van der Waals surface area contributed by atoms with Crippen LogP contribution in [0, 0.1) is 0 Å². The summed E-state index contributed by atoms with van der Waals surface area (Å²) in [7, 11) is -3.24. The Morgan fingerprint density at radius 1 is 1.17 bits per heavy atom. The van der Waals surface area contributed by atoms with E-state index in [1.165, 1.54) is 13.2 Å². The maximum Gasteiger partial charge on any atom is 0.217 e. The molecule has 0 radical (unpaired) electrons. The largest absolute Gasteiger partial charge is 0.388 e. The number of sulfone groups is 1. The van der Waals surface area contributed by atoms with Gasteiger partial charge in [-0.15, -0.1) is 0 Å². The predicted molar refractivity (Wildman–Crippen MR) is 112 cm³/mol. The molecule has 1 heterocycles. The van der Waals surface area contributed by atoms with E-state index in [1.54, 1.807) is 19.1 Å². The standard InChI is InChI=1S/C22H28N2O4S/c1-16(25)23-21-20(18-7-5-4-6-8-18)24(14-13-22(21,2)26)15-17-9-11-19(12-10-17)29(3,27)28/h4-12,20-21,26H,13-15H2,1-3H3,(H,23,25). The van der Waals surface area contributed by atoms with Crippen LogP contribution in [0.4, 0.5) is 0 Å². The van der Waals surface area contributed by atoms with Crippen molar-refractivity contribution in [2.45, 2.75) is 49.4 Å². The molecule has 1 fully saturated rings. The smallest absolute Gasteiger partial charge is 0.217 e. The fourth-order valence-electron chi connectivity index (χ4n) is 3.98. The molecule has 0 bridgehead atoms. The van der Waals surface area contributed by atoms with E-state index in [1.807, 2.05) is 42.5 Å². The van der Waals surface area contributed by atoms with E-state index in [2.05, 4.69) is 10.2 Å². The number of amides is 1. The Bertz CT molecular complexity index is 956. The molecule has 3 atom stereocenters. The van der Waals surface area contributed by atoms with E-state index < -0.39 is 21.5 Å². The van der Waals surface area contributed by atoms with E-state index >= 15 is 0 Å². The number of likely N-dealkylation sites (tertiary alicyclic amines) is 1. The van der Waals surface area contributed by atoms with Crippen LogP contribution in [-0.2, 0) is 21.2 Å². The molecule has 1 aliphatic heterocycles. The molecule has 2 aromatic rings. The van der Waals surface area contributed by atoms with Gasteiger partial charge in [-0.2, -0.15) is 0 Å². The number of rotatable bonds is 5. The third-order valence-corrected chi connectivity index (χ3v) is 6.65. The Balaban J connectivity index is 1.94. The zero-order chi connectivity index (χ0) is 21.2. The maximum atomic E-state index is 11.9. The lowest BCUT2D eigenvalue weighted by Gasteiger charge is -2.49. The Labute approximate surface area is 172 Å². The molecule has 3 unspecified atom stereocenters. The number of nitrogens with one attached hydrogen (secondary N) is 1. The zero-order valence-electron chi connectivity index (χ0n) is 17.0. The second kappa shape index (κ2) is 8.26. The monoisotopic (exact) mass is 416 g/mol. The predicted octanol–water partition coefficient (Wildman–Crippen LogP) is 2.29. The molecule has 1 saturated heterocycles. The Kier molecular flexibility index (Phi) is 6.12. The van der Waals surface area contributed by atoms with E-state index in [0.29, 0.717) is 24.4 Å². The minimum absolute atomic E-state index is 0.185. The molecule has 2 N–H and O–H groups in total. The molecule has 0 spiro atoms. The Morgan fingerprint density at radius 2 is 1.79 bits per heavy atom. The van der Waals surface area contributed by atoms with Gasteiger partial charge < -0.3 is 10.4 Å². The van der Waals surface area contributed by atoms with E-state index in [9.17, 15) is 18.3 Å². The van der Waals surface area contributed by atoms with Crippen LogP contribution in [0.25, 0.3) is 0 Å². The summed E-state index contributed by atoms with van der Waals surface area (Å²) < 4.78 is 23.4. The van der Waals surface area contributed by atoms with Crippen LogP contribution in [0.2, 0.25) is 0 Å². The van der Waals surface area contributed by atoms with Crippen LogP contribution in [-0.4, -0.2) is 48.8 Å². The van der Waals surface area contributed by atoms with Crippen molar-refractivity contribution in [3.8, 4) is 0 Å². The van der Waals surface area contributed by atoms with Gasteiger partial charge >= 0.3 is 0 Å². The van der Waals surface area contributed by atoms with Crippen LogP contribution >= 0.6 is 0 Å². The third kappa shape index (κ3) is 5.04. The zero-order valence-corrected chi connectivity index (χ0v) is 17.8. The Hall–Kier alpha value is -2.22. The van der Waals surface area contributed by atoms with Gasteiger partial charge in [-0.3, -0.25) is 9.69 Å². The molecular weight excluding hydrogens is 388 g/mol. The van der Waals surface area contributed by atoms with Crippen molar-refractivity contribution in [3.63, 3.8) is 0 Å². The first-order chi connectivity index (χ1) is 13.6. The van der Waals surface area contributed by atoms with Crippen molar-refractivity contribution in [2.75, 3.05) is 12.8 Å². The summed E-state index contributed by atoms with van der Waals surface area (Å²) in [6.07, 6.45) is 1.71. The Morgan fingerprint density at radius 3 is 2.34 bits per heavy atom. The molecule has 0 saturated carbocycles. The number of carbonyl (C=O) groups is 1. The summed E-state index contributed by atoms with van der Waals surface area (Å²) in [5.41, 5.74) is 0.948. The first-order valence-corrected chi connectivity index (χ1v) is 11.5. The maximum absolute atomic E-state index is 11.9. The van der Waals surface area contributed by atoms with Gasteiger partial charge in [0.15, 0.2) is 9.84 Å². The molecule has 29 heavy (non-hydrogen) atoms. The molecular formula is C22H28N2O4S. The molecule has 1 aliphatic rings. The van der Waals surface area contributed by atoms with Gasteiger partial charge in [0.05, 0.1) is 22.6 Å². The average Bonchev–Trinajstić information content (AvgIpc) is 2.65. The second-order valence-corrected chi connectivity index (χ2v) is 10.0. The highest BCUT2D eigenvalue weighted by atomic mass is 32.2. The second-order valence-electron chi connectivity index (χ2n) is 8.03. The summed E-state index contributed by atoms with van der Waals surface area (Å²) >= 11 is 0. The normalized spacial score (nSPS) is 25.5. The van der Waals surface area contributed by atoms with Crippen molar-refractivity contribution >= 4 is 15.7 Å². The summed E-state index contributed by atoms with van der Waals surface area (Å²) in [4.78, 5) is 14.4. The summed E-state index contributed by atoms with van der Waals surface area (Å²) in [5, 5.41) is 14.0. The van der Waals surface area contributed by atoms with Gasteiger partial charge in [0, 0.05) is 26.3 Å². The number of hydrogen-bond donors (Lipinski definition) is 2. The molecule has 3 rings (SSSR count). The van der Waals surface area contributed by atoms with Crippen LogP contribution < -0.4 is 5.32 Å². The van der Waals surface area contributed by atoms with Crippen LogP contribution in [0.15, 0.2) is 59.5 Å². The minimum Gasteiger partial charge on any atom is -0.388 e. The van der Waals surface area contributed by atoms with Gasteiger partial charge in [0.1, 0.15) is 0 Å². The molecule has 7 heteroatoms. The van der Waals surface area contributed by atoms with Crippen LogP contribution in [0.3, 0.4) is 0 Å². The molecule has 2 aromatic carbocycles. The fraction of sp³-hybridized carbons (Fsp3) is 0.409. The average molecular weight is 417 g/mol. The molecule has 156 valence electrons. The highest BCUT2D eigenvalue weighted by Gasteiger charge is 2.45. The van der Waals surface area contributed by atoms with Crippen molar-refractivity contribution in [3.05, 3.63) is 65.7 Å². The van der Waals surface area contributed by atoms with Crippen molar-refractivity contribution in [2.24, 2.45) is 0 Å². The summed E-state index contributed by atoms with van der Waals surface area (Å²) in [6.45, 7) is 4.45. The van der Waals surface area contributed by atoms with Crippen LogP contribution in [0.5, 0.6) is 0 Å². The number of nitrogens with zero attached hydrogens (tertiary/aromatic N) is 1. The number of carbonyl (C=O) groups excluding carboxylic acids is 1. The van der Waals surface area contributed by atoms with Crippen molar-refractivity contribution in [1.82, 2.24) is 10.2 Å². The number of hydrogen-bond acceptors (Lipinski definition) is 5. The summed E-state index contributed by atoms with van der Waals surface area (Å²) in [5.74, 6) is -0.185. The molecule has 0 aromatic heterocycles. The summed E-state index contributed by atoms with van der Waals surface area (Å²) in [6, 6.07) is 16.0. The fourth-order valence-corrected chi connectivity index (χ4v) is 4.61. The lowest BCUT2D eigenvalue weighted by molar-refractivity contribution is -0.126. The van der Waals surface area contributed by atoms with Gasteiger partial charge in [0.2, 0.25) is 5.91 Å². The van der Waals surface area contributed by atoms with Gasteiger partial charge in [-0.25, -0.2) is 8.42 Å². The minimum atomic E-state index is -3.24. The molecule has 1 amide bonds. The molecule has 6 nitrogen and oxygen atoms in total. The lowest BCUT2D eigenvalue weighted by atomic mass is 9.79. The number of aliphatic hydroxyl groups is 1. The third-order valence-electron chi connectivity index (χ3n) is 5.52. The SMILES string of the molecule is CC(=O)NC1C(c2ccccc2)N(Cc2ccc(S(C)(=O)=O)cc2)CCC1(C)O. The number of piperidine rings is 1. The van der Waals surface area contributed by atoms with Crippen molar-refractivity contribution in [1.29, 1.82) is 0 Å². The van der Waals surface area contributed by atoms with E-state index in [-0.39, 0.29) is 11.9 Å². The van der Waals surface area contributed by atoms with E-state index in [0.717, 1.165) is 11.1 Å². The highest BCUT2D eigenvalue weighted by Crippen LogP contribution is 2.38. The van der Waals surface area contributed by atoms with Gasteiger partial charge in [0.25, 0.3) is 0 Å². The van der Waals surface area contributed by atoms with Gasteiger partial charge in [-0.05, 0) is 36.6 Å². The van der Waals surface area contributed by atoms with E-state index in [4.69, 9.17) is 0 Å². The van der Waals surface area contributed by atoms with Gasteiger partial charge in [-0.1, -0.05) is 42.5 Å². The quantitative estimate of drug-likeness (QED) is 0.781. The van der Waals surface area contributed by atoms with Crippen molar-refractivity contribution < 1.29 is 18.3 Å².